The number of hydrogen-bond donors (Lipinski definition) is 2. The lowest BCUT2D eigenvalue weighted by molar-refractivity contribution is -0.118. The van der Waals surface area contributed by atoms with Crippen LogP contribution in [0.4, 0.5) is 11.4 Å². The largest absolute Gasteiger partial charge is 0.352 e. The second kappa shape index (κ2) is 8.04. The van der Waals surface area contributed by atoms with E-state index in [0.29, 0.717) is 6.54 Å². The van der Waals surface area contributed by atoms with E-state index >= 15 is 0 Å². The maximum absolute atomic E-state index is 11.8. The zero-order valence-corrected chi connectivity index (χ0v) is 15.6. The Bertz CT molecular complexity index is 796. The minimum Gasteiger partial charge on any atom is -0.352 e. The van der Waals surface area contributed by atoms with Crippen LogP contribution in [0.1, 0.15) is 25.0 Å². The van der Waals surface area contributed by atoms with Crippen LogP contribution >= 0.6 is 0 Å². The van der Waals surface area contributed by atoms with Crippen LogP contribution in [0.3, 0.4) is 0 Å². The van der Waals surface area contributed by atoms with Crippen molar-refractivity contribution in [3.63, 3.8) is 0 Å². The van der Waals surface area contributed by atoms with Crippen molar-refractivity contribution in [1.29, 1.82) is 0 Å². The van der Waals surface area contributed by atoms with Gasteiger partial charge in [-0.2, -0.15) is 0 Å². The zero-order chi connectivity index (χ0) is 18.5. The number of nitrogens with zero attached hydrogens (tertiary/aromatic N) is 2. The number of hydrogen-bond acceptors (Lipinski definition) is 2. The maximum atomic E-state index is 11.8. The number of benzene rings is 2. The summed E-state index contributed by atoms with van der Waals surface area (Å²) in [6, 6.07) is 16.4. The fourth-order valence-corrected chi connectivity index (χ4v) is 3.03. The van der Waals surface area contributed by atoms with E-state index in [1.807, 2.05) is 45.2 Å². The molecule has 0 unspecified atom stereocenters. The molecule has 26 heavy (non-hydrogen) atoms. The van der Waals surface area contributed by atoms with E-state index in [1.54, 1.807) is 0 Å². The van der Waals surface area contributed by atoms with Gasteiger partial charge >= 0.3 is 0 Å². The molecule has 5 nitrogen and oxygen atoms in total. The normalized spacial score (nSPS) is 13.7. The van der Waals surface area contributed by atoms with Gasteiger partial charge in [0, 0.05) is 37.4 Å². The lowest BCUT2D eigenvalue weighted by Gasteiger charge is -2.22. The highest BCUT2D eigenvalue weighted by molar-refractivity contribution is 5.97. The van der Waals surface area contributed by atoms with Gasteiger partial charge in [0.15, 0.2) is 5.96 Å². The molecule has 1 aliphatic heterocycles. The number of fused-ring (bicyclic) bond motifs is 1. The molecule has 0 bridgehead atoms. The number of rotatable bonds is 4. The molecule has 0 aliphatic carbocycles. The molecule has 0 atom stereocenters. The van der Waals surface area contributed by atoms with Gasteiger partial charge in [-0.05, 0) is 35.7 Å². The van der Waals surface area contributed by atoms with Crippen molar-refractivity contribution in [3.8, 4) is 0 Å². The number of anilines is 2. The van der Waals surface area contributed by atoms with Gasteiger partial charge in [-0.1, -0.05) is 44.2 Å². The highest BCUT2D eigenvalue weighted by atomic mass is 16.1. The Morgan fingerprint density at radius 1 is 1.15 bits per heavy atom. The minimum atomic E-state index is -0.0250. The van der Waals surface area contributed by atoms with Crippen LogP contribution in [0, 0.1) is 5.92 Å². The summed E-state index contributed by atoms with van der Waals surface area (Å²) in [6.07, 6.45) is 1.04. The summed E-state index contributed by atoms with van der Waals surface area (Å²) in [7, 11) is 1.81. The highest BCUT2D eigenvalue weighted by Gasteiger charge is 2.22. The van der Waals surface area contributed by atoms with E-state index in [-0.39, 0.29) is 11.8 Å². The Morgan fingerprint density at radius 3 is 2.58 bits per heavy atom. The molecular weight excluding hydrogens is 324 g/mol. The molecule has 0 aromatic heterocycles. The Kier molecular flexibility index (Phi) is 5.56. The number of aliphatic imine (C=N–C) groups is 1. The van der Waals surface area contributed by atoms with Crippen LogP contribution in [0.5, 0.6) is 0 Å². The molecule has 0 fully saturated rings. The molecule has 1 aliphatic rings. The Balaban J connectivity index is 1.60. The second-order valence-corrected chi connectivity index (χ2v) is 6.77. The number of carbonyl (C=O) groups excluding carboxylic acids is 1. The molecule has 0 spiro atoms. The number of para-hydroxylation sites is 1. The third-order valence-corrected chi connectivity index (χ3v) is 4.55. The van der Waals surface area contributed by atoms with Crippen molar-refractivity contribution >= 4 is 23.2 Å². The monoisotopic (exact) mass is 350 g/mol. The Morgan fingerprint density at radius 2 is 1.88 bits per heavy atom. The van der Waals surface area contributed by atoms with Gasteiger partial charge in [-0.3, -0.25) is 9.79 Å². The molecule has 136 valence electrons. The van der Waals surface area contributed by atoms with Crippen LogP contribution in [0.25, 0.3) is 0 Å². The van der Waals surface area contributed by atoms with Crippen LogP contribution in [0.2, 0.25) is 0 Å². The van der Waals surface area contributed by atoms with Gasteiger partial charge in [-0.25, -0.2) is 0 Å². The van der Waals surface area contributed by atoms with Crippen molar-refractivity contribution < 1.29 is 4.79 Å². The summed E-state index contributed by atoms with van der Waals surface area (Å²) in [5.74, 6) is 0.888. The molecule has 2 aromatic rings. The van der Waals surface area contributed by atoms with E-state index < -0.39 is 0 Å². The van der Waals surface area contributed by atoms with Crippen LogP contribution in [0.15, 0.2) is 53.5 Å². The van der Waals surface area contributed by atoms with Crippen LogP contribution in [-0.2, 0) is 17.8 Å². The summed E-state index contributed by atoms with van der Waals surface area (Å²) in [5.41, 5.74) is 4.56. The lowest BCUT2D eigenvalue weighted by atomic mass is 10.1. The van der Waals surface area contributed by atoms with Gasteiger partial charge in [0.1, 0.15) is 0 Å². The summed E-state index contributed by atoms with van der Waals surface area (Å²) in [6.45, 7) is 5.40. The standard InChI is InChI=1S/C21H26N4O/c1-15(2)20(26)24-18-10-8-16(9-11-18)14-23-21(22-3)25-13-12-17-6-4-5-7-19(17)25/h4-11,15H,12-14H2,1-3H3,(H,22,23)(H,24,26). The minimum absolute atomic E-state index is 0.0250. The van der Waals surface area contributed by atoms with E-state index in [1.165, 1.54) is 11.3 Å². The van der Waals surface area contributed by atoms with Gasteiger partial charge in [-0.15, -0.1) is 0 Å². The summed E-state index contributed by atoms with van der Waals surface area (Å²) >= 11 is 0. The van der Waals surface area contributed by atoms with Gasteiger partial charge in [0.25, 0.3) is 0 Å². The first-order chi connectivity index (χ1) is 12.6. The van der Waals surface area contributed by atoms with E-state index in [0.717, 1.165) is 30.2 Å². The molecule has 1 heterocycles. The van der Waals surface area contributed by atoms with Crippen molar-refractivity contribution in [2.45, 2.75) is 26.8 Å². The van der Waals surface area contributed by atoms with Crippen LogP contribution in [-0.4, -0.2) is 25.5 Å². The quantitative estimate of drug-likeness (QED) is 0.656. The third-order valence-electron chi connectivity index (χ3n) is 4.55. The lowest BCUT2D eigenvalue weighted by Crippen LogP contribution is -2.40. The van der Waals surface area contributed by atoms with E-state index in [2.05, 4.69) is 44.8 Å². The molecule has 2 N–H and O–H groups in total. The van der Waals surface area contributed by atoms with Crippen molar-refractivity contribution in [2.24, 2.45) is 10.9 Å². The number of guanidine groups is 1. The Labute approximate surface area is 155 Å². The number of amides is 1. The third kappa shape index (κ3) is 4.04. The van der Waals surface area contributed by atoms with Crippen molar-refractivity contribution in [1.82, 2.24) is 5.32 Å². The molecule has 5 heteroatoms. The highest BCUT2D eigenvalue weighted by Crippen LogP contribution is 2.27. The van der Waals surface area contributed by atoms with Crippen molar-refractivity contribution in [2.75, 3.05) is 23.8 Å². The first-order valence-corrected chi connectivity index (χ1v) is 9.04. The van der Waals surface area contributed by atoms with Crippen LogP contribution < -0.4 is 15.5 Å². The first kappa shape index (κ1) is 18.0. The summed E-state index contributed by atoms with van der Waals surface area (Å²) < 4.78 is 0. The SMILES string of the molecule is CN=C(NCc1ccc(NC(=O)C(C)C)cc1)N1CCc2ccccc21. The predicted octanol–water partition coefficient (Wildman–Crippen LogP) is 3.42. The second-order valence-electron chi connectivity index (χ2n) is 6.77. The molecule has 0 saturated carbocycles. The molecular formula is C21H26N4O. The number of nitrogens with one attached hydrogen (secondary N) is 2. The average molecular weight is 350 g/mol. The van der Waals surface area contributed by atoms with E-state index in [4.69, 9.17) is 0 Å². The molecule has 2 aromatic carbocycles. The smallest absolute Gasteiger partial charge is 0.226 e. The summed E-state index contributed by atoms with van der Waals surface area (Å²) in [5, 5.41) is 6.34. The van der Waals surface area contributed by atoms with E-state index in [9.17, 15) is 4.79 Å². The topological polar surface area (TPSA) is 56.7 Å². The summed E-state index contributed by atoms with van der Waals surface area (Å²) in [4.78, 5) is 18.4. The zero-order valence-electron chi connectivity index (χ0n) is 15.6. The molecule has 0 saturated heterocycles. The van der Waals surface area contributed by atoms with Gasteiger partial charge in [0.05, 0.1) is 0 Å². The van der Waals surface area contributed by atoms with Gasteiger partial charge < -0.3 is 15.5 Å². The molecule has 1 amide bonds. The predicted molar refractivity (Wildman–Crippen MR) is 108 cm³/mol. The Hall–Kier alpha value is -2.82. The van der Waals surface area contributed by atoms with Crippen molar-refractivity contribution in [3.05, 3.63) is 59.7 Å². The average Bonchev–Trinajstić information content (AvgIpc) is 3.08. The van der Waals surface area contributed by atoms with Gasteiger partial charge in [0.2, 0.25) is 5.91 Å². The first-order valence-electron chi connectivity index (χ1n) is 9.04. The maximum Gasteiger partial charge on any atom is 0.226 e. The fourth-order valence-electron chi connectivity index (χ4n) is 3.03. The number of carbonyl (C=O) groups is 1. The fraction of sp³-hybridized carbons (Fsp3) is 0.333. The molecule has 0 radical (unpaired) electrons. The molecule has 3 rings (SSSR count).